The summed E-state index contributed by atoms with van der Waals surface area (Å²) < 4.78 is 0. The van der Waals surface area contributed by atoms with Gasteiger partial charge in [0.1, 0.15) is 5.82 Å². The number of nitrogens with one attached hydrogen (secondary N) is 1. The number of aromatic nitrogens is 1. The van der Waals surface area contributed by atoms with Gasteiger partial charge in [-0.15, -0.1) is 0 Å². The van der Waals surface area contributed by atoms with Gasteiger partial charge in [-0.25, -0.2) is 4.98 Å². The zero-order chi connectivity index (χ0) is 8.55. The maximum absolute atomic E-state index is 5.74. The van der Waals surface area contributed by atoms with Crippen LogP contribution in [0.5, 0.6) is 0 Å². The van der Waals surface area contributed by atoms with Crippen LogP contribution in [0.25, 0.3) is 0 Å². The summed E-state index contributed by atoms with van der Waals surface area (Å²) in [6.45, 7) is 1.97. The minimum atomic E-state index is 0.613. The van der Waals surface area contributed by atoms with E-state index in [9.17, 15) is 0 Å². The molecule has 64 valence electrons. The van der Waals surface area contributed by atoms with Crippen molar-refractivity contribution in [3.8, 4) is 0 Å². The molecule has 0 radical (unpaired) electrons. The number of nitrogen functional groups attached to an aromatic ring is 1. The van der Waals surface area contributed by atoms with Crippen LogP contribution in [0.1, 0.15) is 18.5 Å². The first kappa shape index (κ1) is 7.40. The van der Waals surface area contributed by atoms with E-state index in [1.54, 1.807) is 0 Å². The number of nitrogens with zero attached hydrogens (tertiary/aromatic N) is 1. The van der Waals surface area contributed by atoms with Gasteiger partial charge in [0.05, 0.1) is 5.69 Å². The third kappa shape index (κ3) is 1.49. The zero-order valence-corrected chi connectivity index (χ0v) is 7.17. The Morgan fingerprint density at radius 3 is 2.92 bits per heavy atom. The lowest BCUT2D eigenvalue weighted by Gasteiger charge is -2.06. The van der Waals surface area contributed by atoms with Gasteiger partial charge in [0.25, 0.3) is 0 Å². The van der Waals surface area contributed by atoms with Crippen molar-refractivity contribution in [1.29, 1.82) is 0 Å². The van der Waals surface area contributed by atoms with Gasteiger partial charge in [-0.3, -0.25) is 0 Å². The summed E-state index contributed by atoms with van der Waals surface area (Å²) in [5.41, 5.74) is 7.49. The number of hydrogen-bond acceptors (Lipinski definition) is 3. The molecule has 0 spiro atoms. The van der Waals surface area contributed by atoms with Crippen LogP contribution in [0, 0.1) is 6.92 Å². The molecule has 0 unspecified atom stereocenters. The van der Waals surface area contributed by atoms with Crippen molar-refractivity contribution >= 4 is 11.5 Å². The molecule has 3 N–H and O–H groups in total. The molecular formula is C9H13N3. The first-order chi connectivity index (χ1) is 5.75. The Bertz CT molecular complexity index is 292. The number of nitrogens with two attached hydrogens (primary N) is 1. The zero-order valence-electron chi connectivity index (χ0n) is 7.17. The number of rotatable bonds is 2. The third-order valence-electron chi connectivity index (χ3n) is 1.98. The van der Waals surface area contributed by atoms with E-state index in [0.29, 0.717) is 6.04 Å². The van der Waals surface area contributed by atoms with Gasteiger partial charge < -0.3 is 11.1 Å². The van der Waals surface area contributed by atoms with E-state index in [1.165, 1.54) is 12.8 Å². The Kier molecular flexibility index (Phi) is 1.64. The second-order valence-electron chi connectivity index (χ2n) is 3.31. The molecule has 1 aromatic rings. The van der Waals surface area contributed by atoms with Crippen LogP contribution in [-0.4, -0.2) is 11.0 Å². The summed E-state index contributed by atoms with van der Waals surface area (Å²) in [5, 5.41) is 3.29. The Labute approximate surface area is 72.0 Å². The summed E-state index contributed by atoms with van der Waals surface area (Å²) in [6, 6.07) is 4.43. The topological polar surface area (TPSA) is 50.9 Å². The van der Waals surface area contributed by atoms with Gasteiger partial charge in [0.15, 0.2) is 0 Å². The minimum Gasteiger partial charge on any atom is -0.396 e. The van der Waals surface area contributed by atoms with Gasteiger partial charge in [0, 0.05) is 11.7 Å². The fourth-order valence-corrected chi connectivity index (χ4v) is 1.10. The lowest BCUT2D eigenvalue weighted by Crippen LogP contribution is -2.06. The normalized spacial score (nSPS) is 16.1. The molecule has 0 bridgehead atoms. The summed E-state index contributed by atoms with van der Waals surface area (Å²) in [6.07, 6.45) is 2.49. The van der Waals surface area contributed by atoms with Crippen molar-refractivity contribution in [3.05, 3.63) is 17.8 Å². The summed E-state index contributed by atoms with van der Waals surface area (Å²) in [4.78, 5) is 4.32. The Hall–Kier alpha value is -1.25. The molecule has 1 fully saturated rings. The SMILES string of the molecule is Cc1ccc(N)c(NC2CC2)n1. The van der Waals surface area contributed by atoms with Gasteiger partial charge in [-0.05, 0) is 31.9 Å². The van der Waals surface area contributed by atoms with Crippen LogP contribution in [0.2, 0.25) is 0 Å². The number of anilines is 2. The molecule has 1 saturated carbocycles. The first-order valence-electron chi connectivity index (χ1n) is 4.25. The van der Waals surface area contributed by atoms with E-state index in [2.05, 4.69) is 10.3 Å². The highest BCUT2D eigenvalue weighted by Crippen LogP contribution is 2.26. The van der Waals surface area contributed by atoms with Crippen LogP contribution in [0.3, 0.4) is 0 Å². The van der Waals surface area contributed by atoms with E-state index in [4.69, 9.17) is 5.73 Å². The Morgan fingerprint density at radius 1 is 1.50 bits per heavy atom. The molecular weight excluding hydrogens is 150 g/mol. The monoisotopic (exact) mass is 163 g/mol. The van der Waals surface area contributed by atoms with Crippen LogP contribution in [0.15, 0.2) is 12.1 Å². The van der Waals surface area contributed by atoms with Crippen molar-refractivity contribution in [2.45, 2.75) is 25.8 Å². The highest BCUT2D eigenvalue weighted by atomic mass is 15.1. The van der Waals surface area contributed by atoms with E-state index in [1.807, 2.05) is 19.1 Å². The summed E-state index contributed by atoms with van der Waals surface area (Å²) in [5.74, 6) is 0.845. The summed E-state index contributed by atoms with van der Waals surface area (Å²) in [7, 11) is 0. The van der Waals surface area contributed by atoms with Crippen molar-refractivity contribution in [1.82, 2.24) is 4.98 Å². The largest absolute Gasteiger partial charge is 0.396 e. The van der Waals surface area contributed by atoms with Gasteiger partial charge in [0.2, 0.25) is 0 Å². The molecule has 0 atom stereocenters. The summed E-state index contributed by atoms with van der Waals surface area (Å²) >= 11 is 0. The second-order valence-corrected chi connectivity index (χ2v) is 3.31. The molecule has 1 heterocycles. The fourth-order valence-electron chi connectivity index (χ4n) is 1.10. The van der Waals surface area contributed by atoms with Crippen LogP contribution >= 0.6 is 0 Å². The number of aryl methyl sites for hydroxylation is 1. The molecule has 1 aliphatic rings. The van der Waals surface area contributed by atoms with Crippen molar-refractivity contribution < 1.29 is 0 Å². The predicted octanol–water partition coefficient (Wildman–Crippen LogP) is 1.55. The van der Waals surface area contributed by atoms with E-state index < -0.39 is 0 Å². The third-order valence-corrected chi connectivity index (χ3v) is 1.98. The smallest absolute Gasteiger partial charge is 0.149 e. The molecule has 3 nitrogen and oxygen atoms in total. The molecule has 0 amide bonds. The lowest BCUT2D eigenvalue weighted by molar-refractivity contribution is 1.09. The number of hydrogen-bond donors (Lipinski definition) is 2. The number of pyridine rings is 1. The standard InChI is InChI=1S/C9H13N3/c1-6-2-5-8(10)9(11-6)12-7-3-4-7/h2,5,7H,3-4,10H2,1H3,(H,11,12). The molecule has 0 saturated heterocycles. The molecule has 1 aliphatic carbocycles. The first-order valence-corrected chi connectivity index (χ1v) is 4.25. The molecule has 3 heteroatoms. The van der Waals surface area contributed by atoms with E-state index in [-0.39, 0.29) is 0 Å². The molecule has 0 aromatic carbocycles. The minimum absolute atomic E-state index is 0.613. The second kappa shape index (κ2) is 2.66. The van der Waals surface area contributed by atoms with Gasteiger partial charge >= 0.3 is 0 Å². The highest BCUT2D eigenvalue weighted by molar-refractivity contribution is 5.61. The molecule has 1 aromatic heterocycles. The predicted molar refractivity (Wildman–Crippen MR) is 50.0 cm³/mol. The Morgan fingerprint density at radius 2 is 2.25 bits per heavy atom. The average Bonchev–Trinajstić information content (AvgIpc) is 2.81. The van der Waals surface area contributed by atoms with Crippen LogP contribution in [0.4, 0.5) is 11.5 Å². The molecule has 0 aliphatic heterocycles. The molecule has 12 heavy (non-hydrogen) atoms. The fraction of sp³-hybridized carbons (Fsp3) is 0.444. The quantitative estimate of drug-likeness (QED) is 0.695. The van der Waals surface area contributed by atoms with Gasteiger partial charge in [-0.1, -0.05) is 0 Å². The van der Waals surface area contributed by atoms with Crippen molar-refractivity contribution in [2.75, 3.05) is 11.1 Å². The highest BCUT2D eigenvalue weighted by Gasteiger charge is 2.21. The average molecular weight is 163 g/mol. The lowest BCUT2D eigenvalue weighted by atomic mass is 10.3. The van der Waals surface area contributed by atoms with Crippen molar-refractivity contribution in [2.24, 2.45) is 0 Å². The van der Waals surface area contributed by atoms with Crippen LogP contribution in [-0.2, 0) is 0 Å². The van der Waals surface area contributed by atoms with E-state index >= 15 is 0 Å². The maximum Gasteiger partial charge on any atom is 0.149 e. The molecule has 2 rings (SSSR count). The van der Waals surface area contributed by atoms with Crippen LogP contribution < -0.4 is 11.1 Å². The van der Waals surface area contributed by atoms with E-state index in [0.717, 1.165) is 17.2 Å². The van der Waals surface area contributed by atoms with Crippen molar-refractivity contribution in [3.63, 3.8) is 0 Å². The Balaban J connectivity index is 2.21. The van der Waals surface area contributed by atoms with Gasteiger partial charge in [-0.2, -0.15) is 0 Å². The maximum atomic E-state index is 5.74.